The summed E-state index contributed by atoms with van der Waals surface area (Å²) in [6, 6.07) is 4.82. The van der Waals surface area contributed by atoms with Crippen molar-refractivity contribution in [1.82, 2.24) is 4.98 Å². The highest BCUT2D eigenvalue weighted by molar-refractivity contribution is 7.15. The van der Waals surface area contributed by atoms with Gasteiger partial charge in [-0.15, -0.1) is 11.3 Å². The van der Waals surface area contributed by atoms with Gasteiger partial charge in [0.05, 0.1) is 16.0 Å². The zero-order valence-corrected chi connectivity index (χ0v) is 16.3. The van der Waals surface area contributed by atoms with Gasteiger partial charge < -0.3 is 4.74 Å². The number of carbonyl (C=O) groups is 1. The molecule has 4 nitrogen and oxygen atoms in total. The summed E-state index contributed by atoms with van der Waals surface area (Å²) in [7, 11) is 1.58. The van der Waals surface area contributed by atoms with Crippen LogP contribution in [0.3, 0.4) is 0 Å². The number of anilines is 1. The normalized spacial score (nSPS) is 15.3. The highest BCUT2D eigenvalue weighted by atomic mass is 32.1. The Morgan fingerprint density at radius 2 is 2.04 bits per heavy atom. The van der Waals surface area contributed by atoms with Crippen molar-refractivity contribution in [3.63, 3.8) is 0 Å². The summed E-state index contributed by atoms with van der Waals surface area (Å²) in [6.07, 6.45) is 7.21. The van der Waals surface area contributed by atoms with Gasteiger partial charge in [0.2, 0.25) is 0 Å². The van der Waals surface area contributed by atoms with Crippen LogP contribution in [0.2, 0.25) is 0 Å². The van der Waals surface area contributed by atoms with Crippen LogP contribution in [0.4, 0.5) is 14.9 Å². The molecule has 1 saturated carbocycles. The Morgan fingerprint density at radius 1 is 1.31 bits per heavy atom. The van der Waals surface area contributed by atoms with Crippen LogP contribution < -0.4 is 4.90 Å². The minimum Gasteiger partial charge on any atom is -0.446 e. The van der Waals surface area contributed by atoms with Crippen molar-refractivity contribution in [2.75, 3.05) is 11.9 Å². The van der Waals surface area contributed by atoms with E-state index in [1.165, 1.54) is 43.1 Å². The lowest BCUT2D eigenvalue weighted by molar-refractivity contribution is 0.124. The second-order valence-corrected chi connectivity index (χ2v) is 8.12. The molecule has 140 valence electrons. The SMILES string of the molecule is CC(C)OC(=O)N(C)c1ccc(-c2cnc(C3CCCCC3)s2)c(F)c1. The molecule has 0 radical (unpaired) electrons. The highest BCUT2D eigenvalue weighted by Crippen LogP contribution is 2.38. The predicted molar refractivity (Wildman–Crippen MR) is 103 cm³/mol. The molecule has 0 saturated heterocycles. The van der Waals surface area contributed by atoms with E-state index in [2.05, 4.69) is 4.98 Å². The first kappa shape index (κ1) is 18.8. The molecule has 0 N–H and O–H groups in total. The molecule has 0 spiro atoms. The summed E-state index contributed by atoms with van der Waals surface area (Å²) < 4.78 is 19.8. The summed E-state index contributed by atoms with van der Waals surface area (Å²) in [5, 5.41) is 1.11. The Hall–Kier alpha value is -1.95. The molecule has 0 unspecified atom stereocenters. The Bertz CT molecular complexity index is 769. The van der Waals surface area contributed by atoms with Gasteiger partial charge in [0.15, 0.2) is 0 Å². The molecule has 1 aliphatic rings. The third-order valence-corrected chi connectivity index (χ3v) is 5.89. The van der Waals surface area contributed by atoms with Crippen LogP contribution in [0.25, 0.3) is 10.4 Å². The fourth-order valence-corrected chi connectivity index (χ4v) is 4.36. The van der Waals surface area contributed by atoms with Gasteiger partial charge in [-0.1, -0.05) is 19.3 Å². The van der Waals surface area contributed by atoms with E-state index in [0.29, 0.717) is 17.2 Å². The number of aromatic nitrogens is 1. The van der Waals surface area contributed by atoms with Crippen LogP contribution in [0.1, 0.15) is 56.9 Å². The van der Waals surface area contributed by atoms with Gasteiger partial charge in [0.25, 0.3) is 0 Å². The average Bonchev–Trinajstić information content (AvgIpc) is 3.11. The number of ether oxygens (including phenoxy) is 1. The molecule has 0 atom stereocenters. The van der Waals surface area contributed by atoms with Crippen LogP contribution in [-0.2, 0) is 4.74 Å². The summed E-state index contributed by atoms with van der Waals surface area (Å²) >= 11 is 1.58. The Balaban J connectivity index is 1.77. The van der Waals surface area contributed by atoms with Crippen molar-refractivity contribution in [3.05, 3.63) is 35.2 Å². The number of thiazole rings is 1. The number of hydrogen-bond acceptors (Lipinski definition) is 4. The fraction of sp³-hybridized carbons (Fsp3) is 0.500. The smallest absolute Gasteiger partial charge is 0.414 e. The lowest BCUT2D eigenvalue weighted by atomic mass is 9.90. The second kappa shape index (κ2) is 8.16. The van der Waals surface area contributed by atoms with Crippen molar-refractivity contribution >= 4 is 23.1 Å². The molecule has 0 bridgehead atoms. The first-order chi connectivity index (χ1) is 12.5. The quantitative estimate of drug-likeness (QED) is 0.659. The maximum Gasteiger partial charge on any atom is 0.414 e. The van der Waals surface area contributed by atoms with Gasteiger partial charge in [-0.05, 0) is 44.9 Å². The van der Waals surface area contributed by atoms with E-state index in [1.54, 1.807) is 50.6 Å². The molecule has 3 rings (SSSR count). The number of carbonyl (C=O) groups excluding carboxylic acids is 1. The predicted octanol–water partition coefficient (Wildman–Crippen LogP) is 5.98. The molecule has 1 aromatic heterocycles. The fourth-order valence-electron chi connectivity index (χ4n) is 3.25. The van der Waals surface area contributed by atoms with E-state index in [4.69, 9.17) is 4.74 Å². The molecule has 6 heteroatoms. The highest BCUT2D eigenvalue weighted by Gasteiger charge is 2.21. The third-order valence-electron chi connectivity index (χ3n) is 4.69. The van der Waals surface area contributed by atoms with Crippen molar-refractivity contribution in [3.8, 4) is 10.4 Å². The summed E-state index contributed by atoms with van der Waals surface area (Å²) in [5.74, 6) is 0.160. The zero-order chi connectivity index (χ0) is 18.7. The minimum absolute atomic E-state index is 0.218. The largest absolute Gasteiger partial charge is 0.446 e. The number of halogens is 1. The molecule has 26 heavy (non-hydrogen) atoms. The van der Waals surface area contributed by atoms with Gasteiger partial charge in [-0.25, -0.2) is 14.2 Å². The summed E-state index contributed by atoms with van der Waals surface area (Å²) in [5.41, 5.74) is 0.993. The number of benzene rings is 1. The van der Waals surface area contributed by atoms with Gasteiger partial charge >= 0.3 is 6.09 Å². The average molecular weight is 376 g/mol. The van der Waals surface area contributed by atoms with Crippen LogP contribution >= 0.6 is 11.3 Å². The number of nitrogens with zero attached hydrogens (tertiary/aromatic N) is 2. The lowest BCUT2D eigenvalue weighted by Crippen LogP contribution is -2.29. The Labute approximate surface area is 158 Å². The van der Waals surface area contributed by atoms with Gasteiger partial charge in [0.1, 0.15) is 5.82 Å². The second-order valence-electron chi connectivity index (χ2n) is 7.05. The van der Waals surface area contributed by atoms with Crippen LogP contribution in [0.5, 0.6) is 0 Å². The number of rotatable bonds is 4. The maximum atomic E-state index is 14.7. The van der Waals surface area contributed by atoms with E-state index in [-0.39, 0.29) is 11.9 Å². The molecule has 1 aromatic carbocycles. The van der Waals surface area contributed by atoms with E-state index in [1.807, 2.05) is 0 Å². The molecular formula is C20H25FN2O2S. The standard InChI is InChI=1S/C20H25FN2O2S/c1-13(2)25-20(24)23(3)15-9-10-16(17(21)11-15)18-12-22-19(26-18)14-7-5-4-6-8-14/h9-14H,4-8H2,1-3H3. The van der Waals surface area contributed by atoms with Crippen molar-refractivity contribution in [2.24, 2.45) is 0 Å². The molecule has 1 amide bonds. The van der Waals surface area contributed by atoms with Crippen molar-refractivity contribution < 1.29 is 13.9 Å². The molecule has 1 aliphatic carbocycles. The lowest BCUT2D eigenvalue weighted by Gasteiger charge is -2.19. The van der Waals surface area contributed by atoms with Crippen LogP contribution in [-0.4, -0.2) is 24.2 Å². The topological polar surface area (TPSA) is 42.4 Å². The zero-order valence-electron chi connectivity index (χ0n) is 15.5. The first-order valence-corrected chi connectivity index (χ1v) is 9.97. The molecule has 1 fully saturated rings. The molecule has 1 heterocycles. The van der Waals surface area contributed by atoms with Gasteiger partial charge in [-0.2, -0.15) is 0 Å². The summed E-state index contributed by atoms with van der Waals surface area (Å²) in [6.45, 7) is 3.56. The molecule has 0 aliphatic heterocycles. The number of amides is 1. The Morgan fingerprint density at radius 3 is 2.69 bits per heavy atom. The van der Waals surface area contributed by atoms with E-state index < -0.39 is 6.09 Å². The van der Waals surface area contributed by atoms with Crippen LogP contribution in [0.15, 0.2) is 24.4 Å². The third kappa shape index (κ3) is 4.23. The van der Waals surface area contributed by atoms with Gasteiger partial charge in [0, 0.05) is 30.4 Å². The van der Waals surface area contributed by atoms with E-state index >= 15 is 0 Å². The van der Waals surface area contributed by atoms with Crippen molar-refractivity contribution in [1.29, 1.82) is 0 Å². The number of hydrogen-bond donors (Lipinski definition) is 0. The minimum atomic E-state index is -0.496. The Kier molecular flexibility index (Phi) is 5.91. The first-order valence-electron chi connectivity index (χ1n) is 9.15. The van der Waals surface area contributed by atoms with Gasteiger partial charge in [-0.3, -0.25) is 4.90 Å². The summed E-state index contributed by atoms with van der Waals surface area (Å²) in [4.78, 5) is 18.7. The van der Waals surface area contributed by atoms with Crippen LogP contribution in [0, 0.1) is 5.82 Å². The maximum absolute atomic E-state index is 14.7. The molecule has 2 aromatic rings. The molecular weight excluding hydrogens is 351 g/mol. The van der Waals surface area contributed by atoms with E-state index in [0.717, 1.165) is 9.88 Å². The van der Waals surface area contributed by atoms with Crippen molar-refractivity contribution in [2.45, 2.75) is 58.0 Å². The monoisotopic (exact) mass is 376 g/mol. The van der Waals surface area contributed by atoms with E-state index in [9.17, 15) is 9.18 Å².